The molecule has 0 unspecified atom stereocenters. The summed E-state index contributed by atoms with van der Waals surface area (Å²) in [7, 11) is -3.66. The first kappa shape index (κ1) is 21.6. The van der Waals surface area contributed by atoms with Gasteiger partial charge in [-0.25, -0.2) is 8.42 Å². The lowest BCUT2D eigenvalue weighted by molar-refractivity contribution is -0.127. The number of hydrogen-bond donors (Lipinski definition) is 2. The molecule has 1 heterocycles. The van der Waals surface area contributed by atoms with Crippen molar-refractivity contribution < 1.29 is 18.0 Å². The molecule has 0 radical (unpaired) electrons. The molecule has 2 N–H and O–H groups in total. The molecule has 1 aromatic carbocycles. The minimum absolute atomic E-state index is 0.0162. The summed E-state index contributed by atoms with van der Waals surface area (Å²) in [5, 5.41) is 5.45. The van der Waals surface area contributed by atoms with E-state index in [-0.39, 0.29) is 54.0 Å². The van der Waals surface area contributed by atoms with Gasteiger partial charge in [-0.3, -0.25) is 14.5 Å². The van der Waals surface area contributed by atoms with Gasteiger partial charge in [0.15, 0.2) is 0 Å². The molecule has 8 nitrogen and oxygen atoms in total. The number of sulfonamides is 1. The van der Waals surface area contributed by atoms with E-state index in [1.807, 2.05) is 18.7 Å². The minimum Gasteiger partial charge on any atom is -0.352 e. The molecule has 1 saturated heterocycles. The van der Waals surface area contributed by atoms with Gasteiger partial charge in [0, 0.05) is 32.2 Å². The molecule has 2 rings (SSSR count). The van der Waals surface area contributed by atoms with Crippen molar-refractivity contribution in [3.8, 4) is 0 Å². The fraction of sp³-hybridized carbons (Fsp3) is 0.529. The van der Waals surface area contributed by atoms with Crippen molar-refractivity contribution in [2.75, 3.05) is 39.3 Å². The van der Waals surface area contributed by atoms with Gasteiger partial charge in [-0.15, -0.1) is 0 Å². The van der Waals surface area contributed by atoms with Crippen LogP contribution in [0, 0.1) is 0 Å². The van der Waals surface area contributed by atoms with Gasteiger partial charge in [-0.05, 0) is 26.0 Å². The van der Waals surface area contributed by atoms with Crippen LogP contribution < -0.4 is 10.6 Å². The lowest BCUT2D eigenvalue weighted by Crippen LogP contribution is -2.51. The number of benzene rings is 1. The molecule has 0 aromatic heterocycles. The molecule has 1 aliphatic rings. The summed E-state index contributed by atoms with van der Waals surface area (Å²) in [4.78, 5) is 25.5. The molecule has 10 heteroatoms. The summed E-state index contributed by atoms with van der Waals surface area (Å²) in [5.74, 6) is -0.509. The first-order valence-corrected chi connectivity index (χ1v) is 10.5. The second-order valence-corrected chi connectivity index (χ2v) is 8.92. The third kappa shape index (κ3) is 6.17. The Hall–Kier alpha value is -1.68. The summed E-state index contributed by atoms with van der Waals surface area (Å²) in [6, 6.07) is 6.36. The average Bonchev–Trinajstić information content (AvgIpc) is 2.60. The molecule has 150 valence electrons. The summed E-state index contributed by atoms with van der Waals surface area (Å²) < 4.78 is 26.8. The van der Waals surface area contributed by atoms with E-state index < -0.39 is 10.0 Å². The number of nitrogens with one attached hydrogen (secondary N) is 2. The highest BCUT2D eigenvalue weighted by Crippen LogP contribution is 2.24. The zero-order valence-corrected chi connectivity index (χ0v) is 17.0. The highest BCUT2D eigenvalue weighted by atomic mass is 35.5. The van der Waals surface area contributed by atoms with Crippen LogP contribution in [-0.4, -0.2) is 74.7 Å². The van der Waals surface area contributed by atoms with Gasteiger partial charge in [0.2, 0.25) is 21.8 Å². The maximum atomic E-state index is 12.7. The predicted octanol–water partition coefficient (Wildman–Crippen LogP) is 0.287. The van der Waals surface area contributed by atoms with E-state index in [4.69, 9.17) is 11.6 Å². The van der Waals surface area contributed by atoms with Crippen LogP contribution in [0.3, 0.4) is 0 Å². The van der Waals surface area contributed by atoms with Crippen LogP contribution in [0.15, 0.2) is 29.2 Å². The number of halogens is 1. The topological polar surface area (TPSA) is 98.8 Å². The second kappa shape index (κ2) is 9.50. The number of rotatable bonds is 7. The second-order valence-electron chi connectivity index (χ2n) is 6.61. The Morgan fingerprint density at radius 3 is 2.33 bits per heavy atom. The molecule has 1 aromatic rings. The molecular weight excluding hydrogens is 392 g/mol. The smallest absolute Gasteiger partial charge is 0.244 e. The molecule has 0 aliphatic carbocycles. The van der Waals surface area contributed by atoms with Crippen molar-refractivity contribution in [2.24, 2.45) is 0 Å². The van der Waals surface area contributed by atoms with Crippen LogP contribution in [0.1, 0.15) is 13.8 Å². The van der Waals surface area contributed by atoms with Crippen LogP contribution in [0.2, 0.25) is 5.02 Å². The van der Waals surface area contributed by atoms with E-state index in [0.29, 0.717) is 13.1 Å². The summed E-state index contributed by atoms with van der Waals surface area (Å²) in [6.07, 6.45) is 0. The largest absolute Gasteiger partial charge is 0.352 e. The van der Waals surface area contributed by atoms with Gasteiger partial charge in [0.25, 0.3) is 0 Å². The fourth-order valence-electron chi connectivity index (χ4n) is 2.73. The SMILES string of the molecule is CC(C)NC(=O)CNC(=O)CN1CCN(S(=O)(=O)c2ccccc2Cl)CC1. The third-order valence-electron chi connectivity index (χ3n) is 4.05. The standard InChI is InChI=1S/C17H25ClN4O4S/c1-13(2)20-16(23)11-19-17(24)12-21-7-9-22(10-8-21)27(25,26)15-6-4-3-5-14(15)18/h3-6,13H,7-12H2,1-2H3,(H,19,24)(H,20,23). The molecule has 2 amide bonds. The monoisotopic (exact) mass is 416 g/mol. The lowest BCUT2D eigenvalue weighted by atomic mass is 10.3. The van der Waals surface area contributed by atoms with Crippen LogP contribution in [0.25, 0.3) is 0 Å². The van der Waals surface area contributed by atoms with Gasteiger partial charge in [-0.1, -0.05) is 23.7 Å². The van der Waals surface area contributed by atoms with E-state index in [9.17, 15) is 18.0 Å². The zero-order valence-electron chi connectivity index (χ0n) is 15.4. The molecule has 1 aliphatic heterocycles. The molecule has 0 atom stereocenters. The predicted molar refractivity (Wildman–Crippen MR) is 103 cm³/mol. The Bertz CT molecular complexity index is 777. The fourth-order valence-corrected chi connectivity index (χ4v) is 4.65. The number of carbonyl (C=O) groups excluding carboxylic acids is 2. The third-order valence-corrected chi connectivity index (χ3v) is 6.45. The summed E-state index contributed by atoms with van der Waals surface area (Å²) >= 11 is 6.02. The number of carbonyl (C=O) groups is 2. The number of piperazine rings is 1. The van der Waals surface area contributed by atoms with E-state index in [1.54, 1.807) is 18.2 Å². The van der Waals surface area contributed by atoms with Crippen LogP contribution >= 0.6 is 11.6 Å². The highest BCUT2D eigenvalue weighted by molar-refractivity contribution is 7.89. The highest BCUT2D eigenvalue weighted by Gasteiger charge is 2.30. The van der Waals surface area contributed by atoms with E-state index in [1.165, 1.54) is 10.4 Å². The lowest BCUT2D eigenvalue weighted by Gasteiger charge is -2.33. The van der Waals surface area contributed by atoms with E-state index in [0.717, 1.165) is 0 Å². The first-order valence-electron chi connectivity index (χ1n) is 8.73. The molecule has 27 heavy (non-hydrogen) atoms. The first-order chi connectivity index (χ1) is 12.7. The molecule has 0 bridgehead atoms. The molecular formula is C17H25ClN4O4S. The van der Waals surface area contributed by atoms with Crippen LogP contribution in [0.4, 0.5) is 0 Å². The normalized spacial score (nSPS) is 16.3. The van der Waals surface area contributed by atoms with Crippen LogP contribution in [0.5, 0.6) is 0 Å². The Kier molecular flexibility index (Phi) is 7.60. The number of amides is 2. The molecule has 1 fully saturated rings. The average molecular weight is 417 g/mol. The van der Waals surface area contributed by atoms with Gasteiger partial charge < -0.3 is 10.6 Å². The van der Waals surface area contributed by atoms with Gasteiger partial charge in [-0.2, -0.15) is 4.31 Å². The number of nitrogens with zero attached hydrogens (tertiary/aromatic N) is 2. The molecule has 0 spiro atoms. The Labute approximate surface area is 164 Å². The Morgan fingerprint density at radius 2 is 1.74 bits per heavy atom. The quantitative estimate of drug-likeness (QED) is 0.665. The van der Waals surface area contributed by atoms with Gasteiger partial charge in [0.1, 0.15) is 4.90 Å². The maximum Gasteiger partial charge on any atom is 0.244 e. The van der Waals surface area contributed by atoms with Crippen molar-refractivity contribution in [3.63, 3.8) is 0 Å². The van der Waals surface area contributed by atoms with Gasteiger partial charge >= 0.3 is 0 Å². The Balaban J connectivity index is 1.82. The summed E-state index contributed by atoms with van der Waals surface area (Å²) in [6.45, 7) is 5.13. The van der Waals surface area contributed by atoms with Crippen molar-refractivity contribution in [2.45, 2.75) is 24.8 Å². The molecule has 0 saturated carbocycles. The summed E-state index contributed by atoms with van der Waals surface area (Å²) in [5.41, 5.74) is 0. The van der Waals surface area contributed by atoms with Gasteiger partial charge in [0.05, 0.1) is 18.1 Å². The van der Waals surface area contributed by atoms with Crippen molar-refractivity contribution in [1.82, 2.24) is 19.8 Å². The van der Waals surface area contributed by atoms with Crippen molar-refractivity contribution in [1.29, 1.82) is 0 Å². The zero-order chi connectivity index (χ0) is 20.0. The van der Waals surface area contributed by atoms with Crippen LogP contribution in [-0.2, 0) is 19.6 Å². The minimum atomic E-state index is -3.66. The van der Waals surface area contributed by atoms with E-state index in [2.05, 4.69) is 10.6 Å². The maximum absolute atomic E-state index is 12.7. The Morgan fingerprint density at radius 1 is 1.11 bits per heavy atom. The van der Waals surface area contributed by atoms with Crippen molar-refractivity contribution in [3.05, 3.63) is 29.3 Å². The number of hydrogen-bond acceptors (Lipinski definition) is 5. The van der Waals surface area contributed by atoms with E-state index >= 15 is 0 Å². The van der Waals surface area contributed by atoms with Crippen molar-refractivity contribution >= 4 is 33.4 Å².